The lowest BCUT2D eigenvalue weighted by Crippen LogP contribution is -2.50. The molecule has 4 fully saturated rings. The number of carbonyl (C=O) groups is 6. The summed E-state index contributed by atoms with van der Waals surface area (Å²) in [5, 5.41) is 5.09. The fraction of sp³-hybridized carbons (Fsp3) is 0.360. The lowest BCUT2D eigenvalue weighted by molar-refractivity contribution is -0.135. The Kier molecular flexibility index (Phi) is 19.3. The number of nitrogens with one attached hydrogen (secondary N) is 1. The number of cyclic esters (lactones) is 2. The summed E-state index contributed by atoms with van der Waals surface area (Å²) in [6.45, 7) is 7.18. The highest BCUT2D eigenvalue weighted by Crippen LogP contribution is 2.30. The molecule has 0 unspecified atom stereocenters. The average molecular weight is 1060 g/mol. The predicted octanol–water partition coefficient (Wildman–Crippen LogP) is 5.03. The molecule has 2 atom stereocenters. The molecule has 392 valence electrons. The van der Waals surface area contributed by atoms with E-state index in [-0.39, 0.29) is 62.5 Å². The summed E-state index contributed by atoms with van der Waals surface area (Å²) in [5.41, 5.74) is 9.75. The van der Waals surface area contributed by atoms with Crippen LogP contribution in [0.4, 0.5) is 41.1 Å². The molecule has 74 heavy (non-hydrogen) atoms. The van der Waals surface area contributed by atoms with E-state index in [1.165, 1.54) is 21.9 Å². The number of aryl methyl sites for hydroxylation is 2. The summed E-state index contributed by atoms with van der Waals surface area (Å²) < 4.78 is 50.8. The van der Waals surface area contributed by atoms with Crippen molar-refractivity contribution in [1.82, 2.24) is 21.3 Å². The normalized spacial score (nSPS) is 17.2. The maximum atomic E-state index is 15.0. The zero-order chi connectivity index (χ0) is 52.2. The van der Waals surface area contributed by atoms with Gasteiger partial charge in [-0.2, -0.15) is 0 Å². The first-order valence-electron chi connectivity index (χ1n) is 23.2. The van der Waals surface area contributed by atoms with Crippen LogP contribution >= 0.6 is 24.4 Å². The molecular weight excluding hydrogens is 1000 g/mol. The van der Waals surface area contributed by atoms with Crippen molar-refractivity contribution in [2.75, 3.05) is 111 Å². The number of carbonyl (C=O) groups excluding carboxylic acids is 6. The van der Waals surface area contributed by atoms with E-state index in [0.29, 0.717) is 86.2 Å². The highest BCUT2D eigenvalue weighted by Gasteiger charge is 2.35. The molecule has 0 spiro atoms. The van der Waals surface area contributed by atoms with Gasteiger partial charge < -0.3 is 55.7 Å². The monoisotopic (exact) mass is 1060 g/mol. The fourth-order valence-electron chi connectivity index (χ4n) is 8.24. The highest BCUT2D eigenvalue weighted by molar-refractivity contribution is 7.80. The van der Waals surface area contributed by atoms with Gasteiger partial charge in [0, 0.05) is 52.4 Å². The number of anilines is 4. The van der Waals surface area contributed by atoms with Crippen molar-refractivity contribution in [2.24, 2.45) is 10.7 Å². The van der Waals surface area contributed by atoms with Gasteiger partial charge in [-0.25, -0.2) is 33.0 Å². The van der Waals surface area contributed by atoms with Crippen LogP contribution in [0.1, 0.15) is 31.8 Å². The van der Waals surface area contributed by atoms with Crippen LogP contribution in [0.3, 0.4) is 0 Å². The Hall–Kier alpha value is -7.79. The summed E-state index contributed by atoms with van der Waals surface area (Å²) in [5.74, 6) is -2.67. The van der Waals surface area contributed by atoms with Gasteiger partial charge in [-0.3, -0.25) is 19.4 Å². The first-order valence-corrected chi connectivity index (χ1v) is 24.0. The quantitative estimate of drug-likeness (QED) is 0.0649. The maximum absolute atomic E-state index is 15.0. The summed E-state index contributed by atoms with van der Waals surface area (Å²) in [6, 6.07) is 22.9. The summed E-state index contributed by atoms with van der Waals surface area (Å²) in [6.07, 6.45) is -2.06. The molecule has 8 rings (SSSR count). The highest BCUT2D eigenvalue weighted by atomic mass is 32.1. The third kappa shape index (κ3) is 14.5. The van der Waals surface area contributed by atoms with E-state index in [1.54, 1.807) is 82.6 Å². The minimum Gasteiger partial charge on any atom is -0.452 e. The molecule has 4 saturated heterocycles. The first-order chi connectivity index (χ1) is 35.1. The van der Waals surface area contributed by atoms with E-state index in [0.717, 1.165) is 11.1 Å². The van der Waals surface area contributed by atoms with Gasteiger partial charge in [-0.15, -0.1) is 0 Å². The standard InChI is InChI=1S/C25H28FN5O5S.C25H25FN4O5S.H3N/c1-16-2-4-17(5-3-16)23(33)35-15-22(32)30-10-8-29(9-11-30)21-7-6-18(12-20(21)26)31-14-19(36-25(31)34)13-28-24(27)37;1-17-2-4-18(5-3-17)24(32)34-15-23(31)29-10-8-28(9-11-29)22-7-6-19(12-21(22)26)30-14-20(13-27-16-36)35-25(30)33;/h2-7,12,19H,8-11,13-15H2,1H3,(H3,27,28,37);2-7,12,20H,8-11,13-15H2,1H3;1H3/t19-;20-;/m00./s1. The molecule has 4 amide bonds. The third-order valence-corrected chi connectivity index (χ3v) is 12.5. The number of ether oxygens (including phenoxy) is 4. The lowest BCUT2D eigenvalue weighted by Gasteiger charge is -2.36. The van der Waals surface area contributed by atoms with Gasteiger partial charge in [0.25, 0.3) is 11.8 Å². The minimum atomic E-state index is -0.572. The number of thiocarbonyl (C=S) groups is 2. The Bertz CT molecular complexity index is 2750. The van der Waals surface area contributed by atoms with E-state index in [4.69, 9.17) is 36.9 Å². The predicted molar refractivity (Wildman–Crippen MR) is 278 cm³/mol. The van der Waals surface area contributed by atoms with Gasteiger partial charge in [-0.05, 0) is 98.9 Å². The topological polar surface area (TPSA) is 244 Å². The van der Waals surface area contributed by atoms with E-state index in [1.807, 2.05) is 23.6 Å². The Morgan fingerprint density at radius 1 is 0.676 bits per heavy atom. The number of isothiocyanates is 1. The van der Waals surface area contributed by atoms with Gasteiger partial charge in [0.15, 0.2) is 18.3 Å². The molecule has 4 aromatic rings. The zero-order valence-electron chi connectivity index (χ0n) is 40.7. The van der Waals surface area contributed by atoms with Crippen molar-refractivity contribution in [1.29, 1.82) is 0 Å². The van der Waals surface area contributed by atoms with Crippen LogP contribution in [0.5, 0.6) is 0 Å². The second-order valence-electron chi connectivity index (χ2n) is 17.3. The van der Waals surface area contributed by atoms with Crippen molar-refractivity contribution in [3.63, 3.8) is 0 Å². The largest absolute Gasteiger partial charge is 0.452 e. The number of nitrogens with two attached hydrogens (primary N) is 1. The molecule has 0 aromatic heterocycles. The van der Waals surface area contributed by atoms with Crippen LogP contribution in [0.2, 0.25) is 0 Å². The van der Waals surface area contributed by atoms with Crippen LogP contribution in [0.25, 0.3) is 0 Å². The van der Waals surface area contributed by atoms with Gasteiger partial charge in [-0.1, -0.05) is 35.4 Å². The average Bonchev–Trinajstić information content (AvgIpc) is 3.97. The number of nitrogens with zero attached hydrogens (tertiary/aromatic N) is 7. The van der Waals surface area contributed by atoms with Crippen LogP contribution < -0.4 is 36.8 Å². The van der Waals surface area contributed by atoms with E-state index in [2.05, 4.69) is 27.7 Å². The Labute approximate surface area is 436 Å². The number of amides is 4. The molecule has 0 saturated carbocycles. The second kappa shape index (κ2) is 25.7. The van der Waals surface area contributed by atoms with E-state index < -0.39 is 48.0 Å². The third-order valence-electron chi connectivity index (χ3n) is 12.3. The molecule has 4 heterocycles. The van der Waals surface area contributed by atoms with E-state index in [9.17, 15) is 33.2 Å². The van der Waals surface area contributed by atoms with Crippen LogP contribution in [-0.4, -0.2) is 160 Å². The molecule has 24 heteroatoms. The zero-order valence-corrected chi connectivity index (χ0v) is 42.3. The van der Waals surface area contributed by atoms with Gasteiger partial charge >= 0.3 is 24.1 Å². The number of hydrogen-bond donors (Lipinski definition) is 3. The van der Waals surface area contributed by atoms with Gasteiger partial charge in [0.1, 0.15) is 23.8 Å². The van der Waals surface area contributed by atoms with Gasteiger partial charge in [0.2, 0.25) is 0 Å². The van der Waals surface area contributed by atoms with E-state index >= 15 is 4.39 Å². The summed E-state index contributed by atoms with van der Waals surface area (Å²) >= 11 is 9.29. The number of rotatable bonds is 14. The molecule has 4 aliphatic heterocycles. The summed E-state index contributed by atoms with van der Waals surface area (Å²) in [4.78, 5) is 87.0. The smallest absolute Gasteiger partial charge is 0.414 e. The molecule has 4 aromatic carbocycles. The van der Waals surface area contributed by atoms with Crippen LogP contribution in [0, 0.1) is 25.5 Å². The van der Waals surface area contributed by atoms with Crippen molar-refractivity contribution in [2.45, 2.75) is 26.1 Å². The number of esters is 2. The molecule has 0 radical (unpaired) electrons. The first kappa shape index (κ1) is 55.5. The summed E-state index contributed by atoms with van der Waals surface area (Å²) in [7, 11) is 0. The van der Waals surface area contributed by atoms with Gasteiger partial charge in [0.05, 0.1) is 65.2 Å². The Balaban J connectivity index is 0.000000238. The van der Waals surface area contributed by atoms with Crippen molar-refractivity contribution in [3.05, 3.63) is 119 Å². The molecular formula is C50H56F2N10O10S2. The SMILES string of the molecule is Cc1ccc(C(=O)OCC(=O)N2CCN(c3ccc(N4C[C@H](CN=C=S)OC4=O)cc3F)CC2)cc1.Cc1ccc(C(=O)OCC(=O)N2CCN(c3ccc(N4C[C@H](CNC(N)=S)OC4=O)cc3F)CC2)cc1.N. The molecule has 0 aliphatic carbocycles. The molecule has 20 nitrogen and oxygen atoms in total. The Morgan fingerprint density at radius 2 is 1.08 bits per heavy atom. The number of halogens is 2. The lowest BCUT2D eigenvalue weighted by atomic mass is 10.1. The molecule has 0 bridgehead atoms. The molecule has 6 N–H and O–H groups in total. The minimum absolute atomic E-state index is 0. The van der Waals surface area contributed by atoms with Crippen molar-refractivity contribution in [3.8, 4) is 0 Å². The number of benzene rings is 4. The van der Waals surface area contributed by atoms with Crippen molar-refractivity contribution < 1.29 is 56.5 Å². The Morgan fingerprint density at radius 3 is 1.47 bits per heavy atom. The van der Waals surface area contributed by atoms with Crippen molar-refractivity contribution >= 4 is 93.4 Å². The van der Waals surface area contributed by atoms with Crippen LogP contribution in [0.15, 0.2) is 89.9 Å². The number of aliphatic imine (C=N–C) groups is 1. The maximum Gasteiger partial charge on any atom is 0.414 e. The second-order valence-corrected chi connectivity index (χ2v) is 17.9. The number of piperazine rings is 2. The van der Waals surface area contributed by atoms with Crippen LogP contribution in [-0.2, 0) is 28.5 Å². The molecule has 4 aliphatic rings. The fourth-order valence-corrected chi connectivity index (χ4v) is 8.39. The number of hydrogen-bond acceptors (Lipinski definition) is 16.